The van der Waals surface area contributed by atoms with E-state index in [1.807, 2.05) is 0 Å². The molecule has 11 nitrogen and oxygen atoms in total. The van der Waals surface area contributed by atoms with Gasteiger partial charge in [0.05, 0.1) is 0 Å². The molecule has 0 aromatic carbocycles. The number of tetrazole rings is 1. The Kier molecular flexibility index (Phi) is 8.32. The zero-order chi connectivity index (χ0) is 19.7. The van der Waals surface area contributed by atoms with Crippen molar-refractivity contribution >= 4 is 23.6 Å². The molecule has 0 aliphatic heterocycles. The number of carboxylic acid groups (broad SMARTS) is 1. The minimum absolute atomic E-state index is 0.0951. The number of carboxylic acids is 1. The second kappa shape index (κ2) is 10.2. The van der Waals surface area contributed by atoms with Crippen LogP contribution in [0.1, 0.15) is 39.4 Å². The van der Waals surface area contributed by atoms with Crippen LogP contribution in [0.4, 0.5) is 0 Å². The summed E-state index contributed by atoms with van der Waals surface area (Å²) in [4.78, 5) is 46.8. The summed E-state index contributed by atoms with van der Waals surface area (Å²) in [5.74, 6) is -3.00. The van der Waals surface area contributed by atoms with Crippen molar-refractivity contribution in [2.75, 3.05) is 6.54 Å². The van der Waals surface area contributed by atoms with Crippen LogP contribution in [0, 0.1) is 11.8 Å². The van der Waals surface area contributed by atoms with Crippen LogP contribution < -0.4 is 10.6 Å². The number of aromatic amines is 1. The van der Waals surface area contributed by atoms with Crippen LogP contribution in [0.5, 0.6) is 0 Å². The van der Waals surface area contributed by atoms with E-state index in [4.69, 9.17) is 5.11 Å². The Morgan fingerprint density at radius 2 is 1.88 bits per heavy atom. The highest BCUT2D eigenvalue weighted by Gasteiger charge is 2.29. The Labute approximate surface area is 150 Å². The predicted molar refractivity (Wildman–Crippen MR) is 88.7 cm³/mol. The fraction of sp³-hybridized carbons (Fsp3) is 0.667. The second-order valence-corrected chi connectivity index (χ2v) is 6.29. The van der Waals surface area contributed by atoms with Crippen LogP contribution >= 0.6 is 0 Å². The van der Waals surface area contributed by atoms with Gasteiger partial charge in [-0.25, -0.2) is 4.79 Å². The quantitative estimate of drug-likeness (QED) is 0.388. The lowest BCUT2D eigenvalue weighted by Gasteiger charge is -2.22. The first-order valence-corrected chi connectivity index (χ1v) is 8.22. The molecule has 144 valence electrons. The third-order valence-electron chi connectivity index (χ3n) is 3.71. The monoisotopic (exact) mass is 368 g/mol. The molecule has 1 aromatic heterocycles. The second-order valence-electron chi connectivity index (χ2n) is 6.29. The normalized spacial score (nSPS) is 13.1. The zero-order valence-electron chi connectivity index (χ0n) is 15.0. The van der Waals surface area contributed by atoms with Gasteiger partial charge in [-0.2, -0.15) is 5.21 Å². The molecule has 0 radical (unpaired) electrons. The molecule has 1 rings (SSSR count). The van der Waals surface area contributed by atoms with E-state index < -0.39 is 23.8 Å². The molecule has 2 unspecified atom stereocenters. The van der Waals surface area contributed by atoms with Crippen molar-refractivity contribution in [2.24, 2.45) is 11.8 Å². The van der Waals surface area contributed by atoms with Gasteiger partial charge in [0.15, 0.2) is 5.82 Å². The average Bonchev–Trinajstić information content (AvgIpc) is 3.04. The van der Waals surface area contributed by atoms with E-state index in [0.717, 1.165) is 0 Å². The third kappa shape index (κ3) is 7.36. The number of rotatable bonds is 11. The van der Waals surface area contributed by atoms with Crippen molar-refractivity contribution < 1.29 is 24.3 Å². The number of H-pyrrole nitrogens is 1. The van der Waals surface area contributed by atoms with Gasteiger partial charge in [-0.05, 0) is 12.8 Å². The van der Waals surface area contributed by atoms with Crippen LogP contribution in [0.3, 0.4) is 0 Å². The van der Waals surface area contributed by atoms with Crippen LogP contribution in [-0.4, -0.2) is 61.9 Å². The Morgan fingerprint density at radius 3 is 2.38 bits per heavy atom. The molecular weight excluding hydrogens is 344 g/mol. The Hall–Kier alpha value is -2.85. The van der Waals surface area contributed by atoms with E-state index in [-0.39, 0.29) is 37.0 Å². The number of aromatic nitrogens is 4. The van der Waals surface area contributed by atoms with Gasteiger partial charge >= 0.3 is 5.97 Å². The van der Waals surface area contributed by atoms with E-state index in [9.17, 15) is 19.2 Å². The van der Waals surface area contributed by atoms with Gasteiger partial charge in [0.2, 0.25) is 11.8 Å². The molecule has 0 saturated carbocycles. The SMILES string of the molecule is CC(=O)CC(NC(=O)C(CC(=O)NCCc1nn[nH]n1)C(C)C)C(=O)O. The largest absolute Gasteiger partial charge is 0.480 e. The predicted octanol–water partition coefficient (Wildman–Crippen LogP) is -0.931. The molecule has 1 heterocycles. The average molecular weight is 368 g/mol. The number of nitrogens with one attached hydrogen (secondary N) is 3. The van der Waals surface area contributed by atoms with Crippen molar-refractivity contribution in [2.45, 2.75) is 46.1 Å². The number of carbonyl (C=O) groups is 4. The molecule has 2 amide bonds. The van der Waals surface area contributed by atoms with Crippen molar-refractivity contribution in [3.63, 3.8) is 0 Å². The summed E-state index contributed by atoms with van der Waals surface area (Å²) >= 11 is 0. The lowest BCUT2D eigenvalue weighted by atomic mass is 9.90. The number of nitrogens with zero attached hydrogens (tertiary/aromatic N) is 3. The fourth-order valence-corrected chi connectivity index (χ4v) is 2.27. The van der Waals surface area contributed by atoms with Crippen LogP contribution in [0.25, 0.3) is 0 Å². The topological polar surface area (TPSA) is 167 Å². The van der Waals surface area contributed by atoms with Crippen LogP contribution in [-0.2, 0) is 25.6 Å². The van der Waals surface area contributed by atoms with Gasteiger partial charge in [0.25, 0.3) is 0 Å². The highest BCUT2D eigenvalue weighted by atomic mass is 16.4. The van der Waals surface area contributed by atoms with Crippen LogP contribution in [0.15, 0.2) is 0 Å². The van der Waals surface area contributed by atoms with Crippen molar-refractivity contribution in [1.82, 2.24) is 31.3 Å². The van der Waals surface area contributed by atoms with Gasteiger partial charge in [-0.15, -0.1) is 10.2 Å². The first-order valence-electron chi connectivity index (χ1n) is 8.22. The molecule has 0 spiro atoms. The number of amides is 2. The van der Waals surface area contributed by atoms with E-state index in [2.05, 4.69) is 31.3 Å². The number of aliphatic carboxylic acids is 1. The van der Waals surface area contributed by atoms with Crippen molar-refractivity contribution in [3.05, 3.63) is 5.82 Å². The fourth-order valence-electron chi connectivity index (χ4n) is 2.27. The maximum absolute atomic E-state index is 12.4. The maximum Gasteiger partial charge on any atom is 0.326 e. The number of carbonyl (C=O) groups excluding carboxylic acids is 3. The zero-order valence-corrected chi connectivity index (χ0v) is 15.0. The molecule has 4 N–H and O–H groups in total. The molecule has 0 saturated heterocycles. The lowest BCUT2D eigenvalue weighted by Crippen LogP contribution is -2.46. The number of hydrogen-bond donors (Lipinski definition) is 4. The summed E-state index contributed by atoms with van der Waals surface area (Å²) in [5.41, 5.74) is 0. The molecule has 1 aromatic rings. The highest BCUT2D eigenvalue weighted by Crippen LogP contribution is 2.16. The van der Waals surface area contributed by atoms with Crippen molar-refractivity contribution in [1.29, 1.82) is 0 Å². The smallest absolute Gasteiger partial charge is 0.326 e. The molecule has 26 heavy (non-hydrogen) atoms. The van der Waals surface area contributed by atoms with Gasteiger partial charge < -0.3 is 15.7 Å². The first-order chi connectivity index (χ1) is 12.2. The first kappa shape index (κ1) is 21.2. The standard InChI is InChI=1S/C15H24N6O5/c1-8(2)10(14(24)17-11(15(25)26)6-9(3)22)7-13(23)16-5-4-12-18-20-21-19-12/h8,10-11H,4-7H2,1-3H3,(H,16,23)(H,17,24)(H,25,26)(H,18,19,20,21). The minimum atomic E-state index is -1.30. The molecular formula is C15H24N6O5. The molecule has 11 heteroatoms. The Bertz CT molecular complexity index is 630. The van der Waals surface area contributed by atoms with E-state index >= 15 is 0 Å². The Morgan fingerprint density at radius 1 is 1.19 bits per heavy atom. The molecule has 2 atom stereocenters. The summed E-state index contributed by atoms with van der Waals surface area (Å²) in [7, 11) is 0. The molecule has 0 aliphatic carbocycles. The van der Waals surface area contributed by atoms with E-state index in [1.54, 1.807) is 13.8 Å². The number of ketones is 1. The summed E-state index contributed by atoms with van der Waals surface area (Å²) in [5, 5.41) is 27.3. The van der Waals surface area contributed by atoms with Gasteiger partial charge in [0.1, 0.15) is 11.8 Å². The molecule has 0 bridgehead atoms. The maximum atomic E-state index is 12.4. The van der Waals surface area contributed by atoms with E-state index in [1.165, 1.54) is 6.92 Å². The van der Waals surface area contributed by atoms with Crippen LogP contribution in [0.2, 0.25) is 0 Å². The minimum Gasteiger partial charge on any atom is -0.480 e. The summed E-state index contributed by atoms with van der Waals surface area (Å²) in [6.45, 7) is 5.06. The van der Waals surface area contributed by atoms with Crippen molar-refractivity contribution in [3.8, 4) is 0 Å². The van der Waals surface area contributed by atoms with Gasteiger partial charge in [-0.3, -0.25) is 14.4 Å². The van der Waals surface area contributed by atoms with Gasteiger partial charge in [0, 0.05) is 31.7 Å². The molecule has 0 aliphatic rings. The number of Topliss-reactive ketones (excluding diaryl/α,β-unsaturated/α-hetero) is 1. The Balaban J connectivity index is 2.57. The number of hydrogen-bond acceptors (Lipinski definition) is 7. The summed E-state index contributed by atoms with van der Waals surface area (Å²) < 4.78 is 0. The lowest BCUT2D eigenvalue weighted by molar-refractivity contribution is -0.144. The molecule has 0 fully saturated rings. The highest BCUT2D eigenvalue weighted by molar-refractivity contribution is 5.91. The summed E-state index contributed by atoms with van der Waals surface area (Å²) in [6, 6.07) is -1.30. The third-order valence-corrected chi connectivity index (χ3v) is 3.71. The summed E-state index contributed by atoms with van der Waals surface area (Å²) in [6.07, 6.45) is -0.00851. The van der Waals surface area contributed by atoms with E-state index in [0.29, 0.717) is 12.2 Å². The van der Waals surface area contributed by atoms with Gasteiger partial charge in [-0.1, -0.05) is 19.1 Å².